The maximum absolute atomic E-state index is 14.8. The van der Waals surface area contributed by atoms with Gasteiger partial charge in [0.15, 0.2) is 5.01 Å². The van der Waals surface area contributed by atoms with Gasteiger partial charge in [0.1, 0.15) is 11.6 Å². The van der Waals surface area contributed by atoms with Crippen LogP contribution in [0.15, 0.2) is 42.7 Å². The highest BCUT2D eigenvalue weighted by Crippen LogP contribution is 2.63. The molecule has 2 aromatic rings. The Balaban J connectivity index is 2.16. The molecule has 0 aliphatic carbocycles. The average Bonchev–Trinajstić information content (AvgIpc) is 3.16. The van der Waals surface area contributed by atoms with Crippen LogP contribution in [0.4, 0.5) is 17.6 Å². The standard InChI is InChI=1S/C14H8BrF4NO/c15-12-13(21-12,10-6-9(16)3-4-11(10)17)14(18,19)8-2-1-5-20-7-8/h1-7,12H. The maximum Gasteiger partial charge on any atom is 0.310 e. The molecule has 110 valence electrons. The minimum Gasteiger partial charge on any atom is -0.342 e. The van der Waals surface area contributed by atoms with Crippen LogP contribution in [0.1, 0.15) is 11.1 Å². The molecule has 0 saturated carbocycles. The molecule has 2 heterocycles. The smallest absolute Gasteiger partial charge is 0.310 e. The number of hydrogen-bond acceptors (Lipinski definition) is 2. The van der Waals surface area contributed by atoms with Crippen LogP contribution in [0.5, 0.6) is 0 Å². The Morgan fingerprint density at radius 1 is 1.24 bits per heavy atom. The molecule has 2 unspecified atom stereocenters. The van der Waals surface area contributed by atoms with E-state index in [-0.39, 0.29) is 0 Å². The number of epoxide rings is 1. The highest BCUT2D eigenvalue weighted by atomic mass is 79.9. The SMILES string of the molecule is Fc1ccc(F)c(C2(C(F)(F)c3cccnc3)OC2Br)c1. The average molecular weight is 362 g/mol. The number of nitrogens with zero attached hydrogens (tertiary/aromatic N) is 1. The molecule has 0 N–H and O–H groups in total. The van der Waals surface area contributed by atoms with E-state index in [1.54, 1.807) is 0 Å². The van der Waals surface area contributed by atoms with Gasteiger partial charge in [-0.1, -0.05) is 15.9 Å². The number of ether oxygens (including phenoxy) is 1. The second-order valence-electron chi connectivity index (χ2n) is 4.61. The molecule has 1 aliphatic rings. The van der Waals surface area contributed by atoms with Gasteiger partial charge in [-0.3, -0.25) is 4.98 Å². The van der Waals surface area contributed by atoms with Crippen LogP contribution >= 0.6 is 15.9 Å². The largest absolute Gasteiger partial charge is 0.342 e. The first kappa shape index (κ1) is 14.5. The lowest BCUT2D eigenvalue weighted by Crippen LogP contribution is -2.35. The van der Waals surface area contributed by atoms with Gasteiger partial charge in [0.05, 0.1) is 0 Å². The lowest BCUT2D eigenvalue weighted by atomic mass is 9.88. The molecule has 1 fully saturated rings. The summed E-state index contributed by atoms with van der Waals surface area (Å²) in [6, 6.07) is 4.88. The van der Waals surface area contributed by atoms with E-state index in [1.807, 2.05) is 0 Å². The molecule has 3 rings (SSSR count). The Hall–Kier alpha value is -1.47. The second-order valence-corrected chi connectivity index (χ2v) is 5.44. The van der Waals surface area contributed by atoms with Gasteiger partial charge in [0.2, 0.25) is 5.60 Å². The summed E-state index contributed by atoms with van der Waals surface area (Å²) in [4.78, 5) is 3.63. The van der Waals surface area contributed by atoms with Crippen molar-refractivity contribution in [2.45, 2.75) is 16.5 Å². The monoisotopic (exact) mass is 361 g/mol. The van der Waals surface area contributed by atoms with Gasteiger partial charge in [-0.25, -0.2) is 8.78 Å². The topological polar surface area (TPSA) is 25.4 Å². The van der Waals surface area contributed by atoms with Crippen molar-refractivity contribution < 1.29 is 22.3 Å². The lowest BCUT2D eigenvalue weighted by Gasteiger charge is -2.25. The minimum absolute atomic E-state index is 0.435. The zero-order chi connectivity index (χ0) is 15.3. The van der Waals surface area contributed by atoms with Crippen LogP contribution in [-0.2, 0) is 16.3 Å². The molecule has 1 aliphatic heterocycles. The minimum atomic E-state index is -3.58. The summed E-state index contributed by atoms with van der Waals surface area (Å²) in [5.41, 5.74) is -3.25. The van der Waals surface area contributed by atoms with Gasteiger partial charge < -0.3 is 4.74 Å². The molecule has 0 radical (unpaired) electrons. The molecule has 0 amide bonds. The highest BCUT2D eigenvalue weighted by molar-refractivity contribution is 9.09. The molecular formula is C14H8BrF4NO. The van der Waals surface area contributed by atoms with Crippen molar-refractivity contribution in [3.05, 3.63) is 65.5 Å². The summed E-state index contributed by atoms with van der Waals surface area (Å²) < 4.78 is 61.7. The second kappa shape index (κ2) is 4.78. The predicted octanol–water partition coefficient (Wildman–Crippen LogP) is 4.10. The van der Waals surface area contributed by atoms with Gasteiger partial charge >= 0.3 is 5.92 Å². The number of benzene rings is 1. The van der Waals surface area contributed by atoms with Crippen LogP contribution in [0.25, 0.3) is 0 Å². The summed E-state index contributed by atoms with van der Waals surface area (Å²) in [7, 11) is 0. The first-order valence-electron chi connectivity index (χ1n) is 5.95. The molecule has 0 spiro atoms. The van der Waals surface area contributed by atoms with Crippen LogP contribution in [0.3, 0.4) is 0 Å². The van der Waals surface area contributed by atoms with Crippen molar-refractivity contribution in [2.24, 2.45) is 0 Å². The molecular weight excluding hydrogens is 354 g/mol. The molecule has 2 atom stereocenters. The third kappa shape index (κ3) is 2.06. The molecule has 0 bridgehead atoms. The number of alkyl halides is 3. The Morgan fingerprint density at radius 3 is 2.52 bits per heavy atom. The van der Waals surface area contributed by atoms with Gasteiger partial charge in [-0.05, 0) is 30.3 Å². The Morgan fingerprint density at radius 2 is 1.95 bits per heavy atom. The van der Waals surface area contributed by atoms with Crippen LogP contribution in [-0.4, -0.2) is 10.00 Å². The van der Waals surface area contributed by atoms with Gasteiger partial charge in [0, 0.05) is 23.5 Å². The number of hydrogen-bond donors (Lipinski definition) is 0. The third-order valence-corrected chi connectivity index (χ3v) is 4.20. The first-order chi connectivity index (χ1) is 9.89. The van der Waals surface area contributed by atoms with E-state index in [0.29, 0.717) is 0 Å². The number of rotatable bonds is 3. The number of halogens is 5. The van der Waals surface area contributed by atoms with Crippen molar-refractivity contribution in [2.75, 3.05) is 0 Å². The summed E-state index contributed by atoms with van der Waals surface area (Å²) in [5, 5.41) is -1.13. The van der Waals surface area contributed by atoms with E-state index in [9.17, 15) is 17.6 Å². The highest BCUT2D eigenvalue weighted by Gasteiger charge is 2.73. The van der Waals surface area contributed by atoms with Gasteiger partial charge in [0.25, 0.3) is 0 Å². The van der Waals surface area contributed by atoms with E-state index in [0.717, 1.165) is 30.5 Å². The zero-order valence-electron chi connectivity index (χ0n) is 10.4. The molecule has 7 heteroatoms. The lowest BCUT2D eigenvalue weighted by molar-refractivity contribution is -0.0870. The van der Waals surface area contributed by atoms with Crippen LogP contribution in [0, 0.1) is 11.6 Å². The summed E-state index contributed by atoms with van der Waals surface area (Å²) in [6.45, 7) is 0. The summed E-state index contributed by atoms with van der Waals surface area (Å²) >= 11 is 2.92. The van der Waals surface area contributed by atoms with Crippen LogP contribution < -0.4 is 0 Å². The zero-order valence-corrected chi connectivity index (χ0v) is 12.0. The maximum atomic E-state index is 14.8. The molecule has 1 saturated heterocycles. The summed E-state index contributed by atoms with van der Waals surface area (Å²) in [5.74, 6) is -5.35. The van der Waals surface area contributed by atoms with E-state index in [1.165, 1.54) is 12.3 Å². The predicted molar refractivity (Wildman–Crippen MR) is 70.0 cm³/mol. The van der Waals surface area contributed by atoms with E-state index in [2.05, 4.69) is 20.9 Å². The molecule has 1 aromatic heterocycles. The first-order valence-corrected chi connectivity index (χ1v) is 6.87. The quantitative estimate of drug-likeness (QED) is 0.467. The molecule has 21 heavy (non-hydrogen) atoms. The number of aromatic nitrogens is 1. The Bertz CT molecular complexity index is 682. The van der Waals surface area contributed by atoms with Crippen molar-refractivity contribution in [3.8, 4) is 0 Å². The molecule has 2 nitrogen and oxygen atoms in total. The fourth-order valence-electron chi connectivity index (χ4n) is 2.25. The van der Waals surface area contributed by atoms with Crippen LogP contribution in [0.2, 0.25) is 0 Å². The van der Waals surface area contributed by atoms with Crippen molar-refractivity contribution in [1.82, 2.24) is 4.98 Å². The van der Waals surface area contributed by atoms with Crippen molar-refractivity contribution >= 4 is 15.9 Å². The fourth-order valence-corrected chi connectivity index (χ4v) is 3.07. The Kier molecular flexibility index (Phi) is 3.29. The third-order valence-electron chi connectivity index (χ3n) is 3.37. The number of pyridine rings is 1. The normalized spacial score (nSPS) is 24.9. The van der Waals surface area contributed by atoms with Crippen molar-refractivity contribution in [1.29, 1.82) is 0 Å². The fraction of sp³-hybridized carbons (Fsp3) is 0.214. The van der Waals surface area contributed by atoms with E-state index < -0.39 is 39.3 Å². The van der Waals surface area contributed by atoms with Gasteiger partial charge in [-0.2, -0.15) is 8.78 Å². The summed E-state index contributed by atoms with van der Waals surface area (Å²) in [6.07, 6.45) is 2.31. The van der Waals surface area contributed by atoms with Crippen molar-refractivity contribution in [3.63, 3.8) is 0 Å². The Labute approximate surface area is 125 Å². The van der Waals surface area contributed by atoms with Gasteiger partial charge in [-0.15, -0.1) is 0 Å². The van der Waals surface area contributed by atoms with E-state index >= 15 is 0 Å². The molecule has 1 aromatic carbocycles. The van der Waals surface area contributed by atoms with E-state index in [4.69, 9.17) is 4.74 Å².